The number of halogens is 2. The molecule has 2 N–H and O–H groups in total. The van der Waals surface area contributed by atoms with E-state index in [-0.39, 0.29) is 6.10 Å². The molecule has 2 aliphatic heterocycles. The molecule has 2 aliphatic rings. The van der Waals surface area contributed by atoms with E-state index in [4.69, 9.17) is 0 Å². The summed E-state index contributed by atoms with van der Waals surface area (Å²) in [6.45, 7) is 6.69. The second-order valence-corrected chi connectivity index (χ2v) is 13.8. The Morgan fingerprint density at radius 1 is 1.20 bits per heavy atom. The second-order valence-electron chi connectivity index (χ2n) is 7.92. The molecule has 30 heavy (non-hydrogen) atoms. The number of aliphatic hydroxyl groups excluding tert-OH is 1. The Hall–Kier alpha value is -1.85. The third kappa shape index (κ3) is 3.67. The van der Waals surface area contributed by atoms with Gasteiger partial charge in [-0.15, -0.1) is 0 Å². The Kier molecular flexibility index (Phi) is 5.36. The van der Waals surface area contributed by atoms with Crippen LogP contribution in [0.4, 0.5) is 10.2 Å². The number of aliphatic hydroxyl groups is 1. The number of fused-ring (bicyclic) bond motifs is 1. The summed E-state index contributed by atoms with van der Waals surface area (Å²) >= 11 is -1.90. The fourth-order valence-corrected chi connectivity index (χ4v) is 9.92. The van der Waals surface area contributed by atoms with Gasteiger partial charge in [-0.1, -0.05) is 0 Å². The molecule has 0 saturated carbocycles. The summed E-state index contributed by atoms with van der Waals surface area (Å²) in [7, 11) is 0. The van der Waals surface area contributed by atoms with Crippen molar-refractivity contribution in [1.29, 1.82) is 0 Å². The van der Waals surface area contributed by atoms with E-state index >= 15 is 0 Å². The molecule has 0 radical (unpaired) electrons. The summed E-state index contributed by atoms with van der Waals surface area (Å²) in [4.78, 5) is 11.3. The fraction of sp³-hybridized carbons (Fsp3) is 0.476. The quantitative estimate of drug-likeness (QED) is 0.405. The molecule has 3 aromatic rings. The molecule has 0 spiro atoms. The zero-order chi connectivity index (χ0) is 20.8. The monoisotopic (exact) mass is 524 g/mol. The van der Waals surface area contributed by atoms with Crippen molar-refractivity contribution in [2.24, 2.45) is 0 Å². The van der Waals surface area contributed by atoms with Gasteiger partial charge < -0.3 is 0 Å². The fourth-order valence-electron chi connectivity index (χ4n) is 4.18. The zero-order valence-electron chi connectivity index (χ0n) is 17.1. The molecule has 0 aliphatic carbocycles. The molecule has 2 aromatic heterocycles. The summed E-state index contributed by atoms with van der Waals surface area (Å²) in [6, 6.07) is 6.21. The number of aromatic nitrogens is 4. The van der Waals surface area contributed by atoms with Crippen LogP contribution in [0, 0.1) is 17.4 Å². The molecule has 9 heteroatoms. The molecule has 2 saturated heterocycles. The molecule has 4 heterocycles. The number of hydrogen-bond donors (Lipinski definition) is 2. The summed E-state index contributed by atoms with van der Waals surface area (Å²) in [5, 5.41) is 18.7. The number of hydrogen-bond acceptors (Lipinski definition) is 6. The maximum atomic E-state index is 14.7. The van der Waals surface area contributed by atoms with Gasteiger partial charge in [-0.05, 0) is 0 Å². The molecule has 2 unspecified atom stereocenters. The molecule has 0 bridgehead atoms. The SMILES string of the molecule is Cc1nc(N2CCC(O)C2)cc(-n2ncc3cc(C)c(I4CCNCC4F)cc32)n1. The Labute approximate surface area is 182 Å². The van der Waals surface area contributed by atoms with Gasteiger partial charge in [-0.3, -0.25) is 0 Å². The number of rotatable bonds is 3. The Balaban J connectivity index is 1.58. The van der Waals surface area contributed by atoms with Crippen molar-refractivity contribution in [3.63, 3.8) is 0 Å². The Morgan fingerprint density at radius 3 is 2.80 bits per heavy atom. The summed E-state index contributed by atoms with van der Waals surface area (Å²) in [5.74, 6) is 2.18. The van der Waals surface area contributed by atoms with Crippen molar-refractivity contribution >= 4 is 36.5 Å². The molecular weight excluding hydrogens is 498 g/mol. The minimum atomic E-state index is -1.90. The van der Waals surface area contributed by atoms with Gasteiger partial charge >= 0.3 is 182 Å². The van der Waals surface area contributed by atoms with Crippen LogP contribution < -0.4 is 10.2 Å². The maximum absolute atomic E-state index is 14.7. The number of anilines is 1. The first-order valence-electron chi connectivity index (χ1n) is 10.3. The minimum absolute atomic E-state index is 0.316. The summed E-state index contributed by atoms with van der Waals surface area (Å²) < 4.78 is 18.0. The van der Waals surface area contributed by atoms with E-state index in [2.05, 4.69) is 44.3 Å². The number of benzene rings is 1. The molecule has 0 amide bonds. The van der Waals surface area contributed by atoms with Gasteiger partial charge in [0.15, 0.2) is 0 Å². The molecule has 2 fully saturated rings. The van der Waals surface area contributed by atoms with Crippen LogP contribution in [0.5, 0.6) is 0 Å². The van der Waals surface area contributed by atoms with Crippen LogP contribution in [0.1, 0.15) is 17.8 Å². The van der Waals surface area contributed by atoms with E-state index in [0.29, 0.717) is 24.7 Å². The van der Waals surface area contributed by atoms with Crippen molar-refractivity contribution in [2.75, 3.05) is 35.5 Å². The second kappa shape index (κ2) is 8.01. The van der Waals surface area contributed by atoms with Gasteiger partial charge in [0.1, 0.15) is 0 Å². The Morgan fingerprint density at radius 2 is 2.03 bits per heavy atom. The van der Waals surface area contributed by atoms with Gasteiger partial charge in [0.25, 0.3) is 0 Å². The summed E-state index contributed by atoms with van der Waals surface area (Å²) in [6.07, 6.45) is 2.28. The topological polar surface area (TPSA) is 79.1 Å². The van der Waals surface area contributed by atoms with Gasteiger partial charge in [0.05, 0.1) is 0 Å². The molecule has 5 rings (SSSR count). The molecule has 2 atom stereocenters. The van der Waals surface area contributed by atoms with Crippen LogP contribution in [0.25, 0.3) is 16.7 Å². The zero-order valence-corrected chi connectivity index (χ0v) is 19.3. The van der Waals surface area contributed by atoms with E-state index in [9.17, 15) is 9.50 Å². The normalized spacial score (nSPS) is 23.5. The van der Waals surface area contributed by atoms with Crippen molar-refractivity contribution in [1.82, 2.24) is 25.1 Å². The summed E-state index contributed by atoms with van der Waals surface area (Å²) in [5.41, 5.74) is 2.13. The Bertz CT molecular complexity index is 1090. The average Bonchev–Trinajstić information content (AvgIpc) is 3.33. The predicted octanol–water partition coefficient (Wildman–Crippen LogP) is 2.58. The third-order valence-corrected chi connectivity index (χ3v) is 12.1. The van der Waals surface area contributed by atoms with E-state index in [1.54, 1.807) is 0 Å². The van der Waals surface area contributed by atoms with Crippen LogP contribution in [-0.4, -0.2) is 65.7 Å². The van der Waals surface area contributed by atoms with E-state index in [0.717, 1.165) is 40.7 Å². The average molecular weight is 524 g/mol. The molecular formula is C21H26FIN6O. The van der Waals surface area contributed by atoms with Crippen LogP contribution in [0.15, 0.2) is 24.4 Å². The molecule has 160 valence electrons. The number of nitrogens with zero attached hydrogens (tertiary/aromatic N) is 5. The van der Waals surface area contributed by atoms with E-state index in [1.165, 1.54) is 9.13 Å². The van der Waals surface area contributed by atoms with E-state index < -0.39 is 24.0 Å². The first kappa shape index (κ1) is 20.1. The van der Waals surface area contributed by atoms with Crippen molar-refractivity contribution in [3.8, 4) is 5.82 Å². The first-order chi connectivity index (χ1) is 14.5. The molecule has 7 nitrogen and oxygen atoms in total. The number of β-amino-alcohol motifs (C(OH)–C–C–N with tert-alkyl or cyclic N) is 1. The van der Waals surface area contributed by atoms with Gasteiger partial charge in [-0.25, -0.2) is 0 Å². The van der Waals surface area contributed by atoms with Crippen LogP contribution >= 0.6 is 19.8 Å². The van der Waals surface area contributed by atoms with Crippen LogP contribution in [-0.2, 0) is 0 Å². The number of alkyl halides is 3. The predicted molar refractivity (Wildman–Crippen MR) is 124 cm³/mol. The standard InChI is InChI=1S/C21H26FIN6O/c1-13-7-15-10-25-29(18(15)8-17(13)23-4-5-24-11-19(23)22)21-9-20(26-14(2)27-21)28-6-3-16(30)12-28/h7-10,16,19,24,30H,3-6,11-12H2,1-2H3. The van der Waals surface area contributed by atoms with Gasteiger partial charge in [0, 0.05) is 0 Å². The number of nitrogens with one attached hydrogen (secondary N) is 1. The van der Waals surface area contributed by atoms with Gasteiger partial charge in [-0.2, -0.15) is 0 Å². The first-order valence-corrected chi connectivity index (χ1v) is 14.1. The van der Waals surface area contributed by atoms with Crippen LogP contribution in [0.3, 0.4) is 0 Å². The molecule has 1 aromatic carbocycles. The number of aryl methyl sites for hydroxylation is 2. The van der Waals surface area contributed by atoms with E-state index in [1.807, 2.05) is 23.9 Å². The van der Waals surface area contributed by atoms with Crippen molar-refractivity contribution in [2.45, 2.75) is 30.6 Å². The van der Waals surface area contributed by atoms with Crippen molar-refractivity contribution in [3.05, 3.63) is 39.4 Å². The van der Waals surface area contributed by atoms with Crippen molar-refractivity contribution < 1.29 is 9.50 Å². The van der Waals surface area contributed by atoms with Gasteiger partial charge in [0.2, 0.25) is 0 Å². The third-order valence-electron chi connectivity index (χ3n) is 5.68. The van der Waals surface area contributed by atoms with Crippen LogP contribution in [0.2, 0.25) is 0 Å².